The Morgan fingerprint density at radius 1 is 0.903 bits per heavy atom. The molecule has 2 rings (SSSR count). The zero-order valence-corrected chi connectivity index (χ0v) is 18.7. The molecule has 7 heteroatoms. The summed E-state index contributed by atoms with van der Waals surface area (Å²) in [6.45, 7) is 5.10. The summed E-state index contributed by atoms with van der Waals surface area (Å²) in [5, 5.41) is 0. The molecule has 0 saturated heterocycles. The van der Waals surface area contributed by atoms with E-state index in [4.69, 9.17) is 23.7 Å². The van der Waals surface area contributed by atoms with E-state index in [1.807, 2.05) is 0 Å². The van der Waals surface area contributed by atoms with Crippen LogP contribution in [-0.4, -0.2) is 45.3 Å². The standard InChI is InChI=1S/C24H28O7/c1-24(2,3)31-23(26)15-30-18-9-7-8-16(12-18)19(25)11-10-17-13-21(28-5)22(29-6)14-20(17)27-4/h7-14H,15H2,1-6H3/b11-10+. The quantitative estimate of drug-likeness (QED) is 0.334. The van der Waals surface area contributed by atoms with Gasteiger partial charge in [0, 0.05) is 17.2 Å². The molecule has 0 aliphatic heterocycles. The van der Waals surface area contributed by atoms with Gasteiger partial charge in [-0.2, -0.15) is 0 Å². The number of benzene rings is 2. The van der Waals surface area contributed by atoms with Gasteiger partial charge in [0.05, 0.1) is 21.3 Å². The summed E-state index contributed by atoms with van der Waals surface area (Å²) in [6.07, 6.45) is 3.06. The van der Waals surface area contributed by atoms with Crippen molar-refractivity contribution in [3.05, 3.63) is 53.6 Å². The van der Waals surface area contributed by atoms with Crippen LogP contribution in [0.25, 0.3) is 6.08 Å². The largest absolute Gasteiger partial charge is 0.496 e. The van der Waals surface area contributed by atoms with E-state index in [0.29, 0.717) is 34.1 Å². The number of methoxy groups -OCH3 is 3. The van der Waals surface area contributed by atoms with Gasteiger partial charge >= 0.3 is 5.97 Å². The van der Waals surface area contributed by atoms with E-state index in [-0.39, 0.29) is 12.4 Å². The maximum Gasteiger partial charge on any atom is 0.344 e. The third kappa shape index (κ3) is 7.06. The SMILES string of the molecule is COc1cc(OC)c(OC)cc1/C=C/C(=O)c1cccc(OCC(=O)OC(C)(C)C)c1. The normalized spacial score (nSPS) is 11.2. The highest BCUT2D eigenvalue weighted by Crippen LogP contribution is 2.35. The van der Waals surface area contributed by atoms with Crippen LogP contribution in [-0.2, 0) is 9.53 Å². The van der Waals surface area contributed by atoms with E-state index in [0.717, 1.165) is 0 Å². The van der Waals surface area contributed by atoms with E-state index in [1.54, 1.807) is 63.2 Å². The van der Waals surface area contributed by atoms with Crippen LogP contribution in [0.15, 0.2) is 42.5 Å². The summed E-state index contributed by atoms with van der Waals surface area (Å²) < 4.78 is 26.6. The predicted octanol–water partition coefficient (Wildman–Crippen LogP) is 4.33. The number of hydrogen-bond donors (Lipinski definition) is 0. The van der Waals surface area contributed by atoms with Crippen molar-refractivity contribution in [2.45, 2.75) is 26.4 Å². The second-order valence-electron chi connectivity index (χ2n) is 7.55. The van der Waals surface area contributed by atoms with E-state index < -0.39 is 11.6 Å². The molecule has 0 amide bonds. The molecular weight excluding hydrogens is 400 g/mol. The lowest BCUT2D eigenvalue weighted by molar-refractivity contribution is -0.157. The topological polar surface area (TPSA) is 80.3 Å². The Labute approximate surface area is 182 Å². The molecule has 0 atom stereocenters. The number of rotatable bonds is 9. The van der Waals surface area contributed by atoms with Gasteiger partial charge in [-0.15, -0.1) is 0 Å². The van der Waals surface area contributed by atoms with Gasteiger partial charge in [0.25, 0.3) is 0 Å². The number of ketones is 1. The van der Waals surface area contributed by atoms with Gasteiger partial charge in [-0.3, -0.25) is 4.79 Å². The van der Waals surface area contributed by atoms with Crippen molar-refractivity contribution in [2.75, 3.05) is 27.9 Å². The fraction of sp³-hybridized carbons (Fsp3) is 0.333. The second kappa shape index (κ2) is 10.5. The molecule has 2 aromatic carbocycles. The fourth-order valence-electron chi connectivity index (χ4n) is 2.70. The molecule has 7 nitrogen and oxygen atoms in total. The molecule has 0 aromatic heterocycles. The first-order valence-corrected chi connectivity index (χ1v) is 9.64. The van der Waals surface area contributed by atoms with Crippen molar-refractivity contribution in [2.24, 2.45) is 0 Å². The minimum absolute atomic E-state index is 0.237. The van der Waals surface area contributed by atoms with Gasteiger partial charge in [0.2, 0.25) is 0 Å². The van der Waals surface area contributed by atoms with Crippen molar-refractivity contribution >= 4 is 17.8 Å². The number of esters is 1. The van der Waals surface area contributed by atoms with Crippen molar-refractivity contribution in [3.63, 3.8) is 0 Å². The summed E-state index contributed by atoms with van der Waals surface area (Å²) in [5.41, 5.74) is 0.483. The Kier molecular flexibility index (Phi) is 8.07. The van der Waals surface area contributed by atoms with Gasteiger partial charge in [-0.25, -0.2) is 4.79 Å². The molecule has 0 spiro atoms. The van der Waals surface area contributed by atoms with Gasteiger partial charge in [-0.05, 0) is 51.1 Å². The lowest BCUT2D eigenvalue weighted by Gasteiger charge is -2.19. The highest BCUT2D eigenvalue weighted by Gasteiger charge is 2.17. The molecular formula is C24H28O7. The first-order chi connectivity index (χ1) is 14.7. The summed E-state index contributed by atoms with van der Waals surface area (Å²) in [6, 6.07) is 10.0. The third-order valence-corrected chi connectivity index (χ3v) is 4.05. The first kappa shape index (κ1) is 23.8. The first-order valence-electron chi connectivity index (χ1n) is 9.64. The Morgan fingerprint density at radius 2 is 1.55 bits per heavy atom. The van der Waals surface area contributed by atoms with Crippen LogP contribution >= 0.6 is 0 Å². The van der Waals surface area contributed by atoms with Crippen LogP contribution in [0.2, 0.25) is 0 Å². The second-order valence-corrected chi connectivity index (χ2v) is 7.55. The summed E-state index contributed by atoms with van der Waals surface area (Å²) in [7, 11) is 4.60. The molecule has 166 valence electrons. The number of hydrogen-bond acceptors (Lipinski definition) is 7. The van der Waals surface area contributed by atoms with Gasteiger partial charge in [0.1, 0.15) is 17.1 Å². The molecule has 31 heavy (non-hydrogen) atoms. The van der Waals surface area contributed by atoms with Crippen molar-refractivity contribution in [3.8, 4) is 23.0 Å². The number of carbonyl (C=O) groups excluding carboxylic acids is 2. The highest BCUT2D eigenvalue weighted by atomic mass is 16.6. The fourth-order valence-corrected chi connectivity index (χ4v) is 2.70. The molecule has 0 N–H and O–H groups in total. The molecule has 0 aliphatic carbocycles. The number of carbonyl (C=O) groups is 2. The molecule has 0 aliphatic rings. The highest BCUT2D eigenvalue weighted by molar-refractivity contribution is 6.07. The maximum absolute atomic E-state index is 12.6. The third-order valence-electron chi connectivity index (χ3n) is 4.05. The average molecular weight is 428 g/mol. The zero-order chi connectivity index (χ0) is 23.0. The van der Waals surface area contributed by atoms with Crippen molar-refractivity contribution in [1.29, 1.82) is 0 Å². The molecule has 0 saturated carbocycles. The van der Waals surface area contributed by atoms with Crippen LogP contribution < -0.4 is 18.9 Å². The monoisotopic (exact) mass is 428 g/mol. The van der Waals surface area contributed by atoms with Crippen molar-refractivity contribution in [1.82, 2.24) is 0 Å². The zero-order valence-electron chi connectivity index (χ0n) is 18.7. The van der Waals surface area contributed by atoms with Crippen LogP contribution in [0.5, 0.6) is 23.0 Å². The Balaban J connectivity index is 2.13. The smallest absolute Gasteiger partial charge is 0.344 e. The minimum Gasteiger partial charge on any atom is -0.496 e. The number of ether oxygens (including phenoxy) is 5. The molecule has 0 bridgehead atoms. The van der Waals surface area contributed by atoms with Crippen molar-refractivity contribution < 1.29 is 33.3 Å². The van der Waals surface area contributed by atoms with Crippen LogP contribution in [0.3, 0.4) is 0 Å². The molecule has 0 unspecified atom stereocenters. The van der Waals surface area contributed by atoms with Crippen LogP contribution in [0.1, 0.15) is 36.7 Å². The van der Waals surface area contributed by atoms with E-state index in [9.17, 15) is 9.59 Å². The maximum atomic E-state index is 12.6. The molecule has 2 aromatic rings. The van der Waals surface area contributed by atoms with Crippen LogP contribution in [0, 0.1) is 0 Å². The molecule has 0 fully saturated rings. The number of allylic oxidation sites excluding steroid dienone is 1. The van der Waals surface area contributed by atoms with Gasteiger partial charge in [-0.1, -0.05) is 12.1 Å². The van der Waals surface area contributed by atoms with Gasteiger partial charge in [0.15, 0.2) is 23.9 Å². The van der Waals surface area contributed by atoms with E-state index in [2.05, 4.69) is 0 Å². The van der Waals surface area contributed by atoms with Gasteiger partial charge < -0.3 is 23.7 Å². The predicted molar refractivity (Wildman–Crippen MR) is 117 cm³/mol. The van der Waals surface area contributed by atoms with Crippen LogP contribution in [0.4, 0.5) is 0 Å². The minimum atomic E-state index is -0.589. The molecule has 0 radical (unpaired) electrons. The Morgan fingerprint density at radius 3 is 2.16 bits per heavy atom. The Bertz CT molecular complexity index is 955. The summed E-state index contributed by atoms with van der Waals surface area (Å²) >= 11 is 0. The van der Waals surface area contributed by atoms with E-state index >= 15 is 0 Å². The lowest BCUT2D eigenvalue weighted by atomic mass is 10.1. The molecule has 0 heterocycles. The Hall–Kier alpha value is -3.48. The summed E-state index contributed by atoms with van der Waals surface area (Å²) in [5.74, 6) is 1.26. The lowest BCUT2D eigenvalue weighted by Crippen LogP contribution is -2.27. The van der Waals surface area contributed by atoms with E-state index in [1.165, 1.54) is 27.4 Å². The average Bonchev–Trinajstić information content (AvgIpc) is 2.74. The summed E-state index contributed by atoms with van der Waals surface area (Å²) in [4.78, 5) is 24.5.